The van der Waals surface area contributed by atoms with Gasteiger partial charge in [0.15, 0.2) is 0 Å². The number of hydrogen-bond donors (Lipinski definition) is 0. The molecule has 0 heterocycles. The van der Waals surface area contributed by atoms with Gasteiger partial charge in [0, 0.05) is 14.9 Å². The molecule has 1 unspecified atom stereocenters. The first-order valence-corrected chi connectivity index (χ1v) is 10.6. The molecule has 0 nitrogen and oxygen atoms in total. The van der Waals surface area contributed by atoms with Gasteiger partial charge >= 0.3 is 0 Å². The molecule has 0 fully saturated rings. The molecule has 1 heteroatoms. The first-order chi connectivity index (χ1) is 12.6. The number of benzene rings is 2. The highest BCUT2D eigenvalue weighted by atomic mass is 127. The zero-order valence-electron chi connectivity index (χ0n) is 15.3. The lowest BCUT2D eigenvalue weighted by molar-refractivity contribution is 0.505. The molecular formula is C25H23I. The van der Waals surface area contributed by atoms with Crippen LogP contribution in [0.15, 0.2) is 75.9 Å². The Balaban J connectivity index is 1.61. The number of rotatable bonds is 1. The van der Waals surface area contributed by atoms with Gasteiger partial charge in [-0.2, -0.15) is 0 Å². The minimum absolute atomic E-state index is 0.0832. The molecule has 130 valence electrons. The summed E-state index contributed by atoms with van der Waals surface area (Å²) < 4.78 is 1.41. The predicted octanol–water partition coefficient (Wildman–Crippen LogP) is 7.30. The Labute approximate surface area is 169 Å². The minimum Gasteiger partial charge on any atom is -0.0842 e. The van der Waals surface area contributed by atoms with Gasteiger partial charge < -0.3 is 0 Å². The first kappa shape index (κ1) is 16.6. The van der Waals surface area contributed by atoms with Crippen molar-refractivity contribution in [1.82, 2.24) is 0 Å². The molecular weight excluding hydrogens is 427 g/mol. The standard InChI is InChI=1S/C25H23I/c1-25(2)22-10-6-5-8-19(22)20-12-11-16(15-23(20)25)17-13-14-24(26)21-9-4-3-7-18(17)21/h4-6,8-15,17-18H,3,7H2,1-2H3/t17-,18?/m0/s1. The summed E-state index contributed by atoms with van der Waals surface area (Å²) in [6.07, 6.45) is 11.9. The summed E-state index contributed by atoms with van der Waals surface area (Å²) in [5.41, 5.74) is 8.87. The summed E-state index contributed by atoms with van der Waals surface area (Å²) >= 11 is 2.50. The second-order valence-corrected chi connectivity index (χ2v) is 9.41. The Kier molecular flexibility index (Phi) is 3.79. The van der Waals surface area contributed by atoms with Gasteiger partial charge in [0.25, 0.3) is 0 Å². The van der Waals surface area contributed by atoms with Gasteiger partial charge in [-0.15, -0.1) is 0 Å². The summed E-state index contributed by atoms with van der Waals surface area (Å²) in [5.74, 6) is 1.13. The molecule has 0 N–H and O–H groups in total. The van der Waals surface area contributed by atoms with Crippen molar-refractivity contribution >= 4 is 22.6 Å². The van der Waals surface area contributed by atoms with Crippen LogP contribution in [0.3, 0.4) is 0 Å². The zero-order valence-corrected chi connectivity index (χ0v) is 17.5. The van der Waals surface area contributed by atoms with Crippen LogP contribution in [-0.4, -0.2) is 0 Å². The molecule has 0 spiro atoms. The number of hydrogen-bond acceptors (Lipinski definition) is 0. The Hall–Kier alpha value is -1.61. The second-order valence-electron chi connectivity index (χ2n) is 8.25. The topological polar surface area (TPSA) is 0 Å². The fourth-order valence-electron chi connectivity index (χ4n) is 5.09. The third-order valence-corrected chi connectivity index (χ3v) is 7.48. The Morgan fingerprint density at radius 1 is 0.962 bits per heavy atom. The van der Waals surface area contributed by atoms with Crippen molar-refractivity contribution < 1.29 is 0 Å². The maximum Gasteiger partial charge on any atom is 0.0162 e. The van der Waals surface area contributed by atoms with Crippen LogP contribution in [0.5, 0.6) is 0 Å². The van der Waals surface area contributed by atoms with Crippen molar-refractivity contribution in [3.63, 3.8) is 0 Å². The van der Waals surface area contributed by atoms with Crippen molar-refractivity contribution in [2.75, 3.05) is 0 Å². The molecule has 0 saturated heterocycles. The largest absolute Gasteiger partial charge is 0.0842 e. The van der Waals surface area contributed by atoms with Crippen molar-refractivity contribution in [3.05, 3.63) is 92.6 Å². The van der Waals surface area contributed by atoms with Gasteiger partial charge in [0.1, 0.15) is 0 Å². The van der Waals surface area contributed by atoms with Gasteiger partial charge in [-0.1, -0.05) is 80.6 Å². The molecule has 0 aliphatic heterocycles. The normalized spacial score (nSPS) is 25.0. The van der Waals surface area contributed by atoms with Gasteiger partial charge in [-0.25, -0.2) is 0 Å². The zero-order chi connectivity index (χ0) is 17.9. The minimum atomic E-state index is 0.0832. The quantitative estimate of drug-likeness (QED) is 0.400. The molecule has 2 aromatic carbocycles. The fraction of sp³-hybridized carbons (Fsp3) is 0.280. The smallest absolute Gasteiger partial charge is 0.0162 e. The third kappa shape index (κ3) is 2.32. The Morgan fingerprint density at radius 3 is 2.65 bits per heavy atom. The molecule has 0 saturated carbocycles. The van der Waals surface area contributed by atoms with E-state index >= 15 is 0 Å². The molecule has 26 heavy (non-hydrogen) atoms. The van der Waals surface area contributed by atoms with E-state index in [2.05, 4.69) is 103 Å². The molecule has 0 aromatic heterocycles. The van der Waals surface area contributed by atoms with E-state index in [4.69, 9.17) is 0 Å². The van der Waals surface area contributed by atoms with Crippen molar-refractivity contribution in [2.45, 2.75) is 38.0 Å². The highest BCUT2D eigenvalue weighted by Gasteiger charge is 2.36. The maximum atomic E-state index is 2.50. The van der Waals surface area contributed by atoms with Crippen LogP contribution in [-0.2, 0) is 5.41 Å². The average Bonchev–Trinajstić information content (AvgIpc) is 2.90. The lowest BCUT2D eigenvalue weighted by Crippen LogP contribution is -2.20. The van der Waals surface area contributed by atoms with E-state index in [1.54, 1.807) is 0 Å². The van der Waals surface area contributed by atoms with E-state index in [0.717, 1.165) is 0 Å². The molecule has 2 aromatic rings. The summed E-state index contributed by atoms with van der Waals surface area (Å²) in [4.78, 5) is 0. The number of allylic oxidation sites excluding steroid dienone is 6. The Bertz CT molecular complexity index is 987. The monoisotopic (exact) mass is 450 g/mol. The van der Waals surface area contributed by atoms with Crippen LogP contribution in [0.1, 0.15) is 49.3 Å². The van der Waals surface area contributed by atoms with Crippen molar-refractivity contribution in [1.29, 1.82) is 0 Å². The lowest BCUT2D eigenvalue weighted by atomic mass is 9.72. The summed E-state index contributed by atoms with van der Waals surface area (Å²) in [6, 6.07) is 16.1. The van der Waals surface area contributed by atoms with Gasteiger partial charge in [0.2, 0.25) is 0 Å². The second kappa shape index (κ2) is 5.95. The molecule has 5 rings (SSSR count). The van der Waals surface area contributed by atoms with Crippen LogP contribution < -0.4 is 0 Å². The van der Waals surface area contributed by atoms with Crippen LogP contribution in [0.25, 0.3) is 11.1 Å². The third-order valence-electron chi connectivity index (χ3n) is 6.49. The first-order valence-electron chi connectivity index (χ1n) is 9.56. The summed E-state index contributed by atoms with van der Waals surface area (Å²) in [5, 5.41) is 0. The molecule has 3 aliphatic rings. The highest BCUT2D eigenvalue weighted by Crippen LogP contribution is 2.51. The average molecular weight is 450 g/mol. The maximum absolute atomic E-state index is 2.50. The summed E-state index contributed by atoms with van der Waals surface area (Å²) in [7, 11) is 0. The highest BCUT2D eigenvalue weighted by molar-refractivity contribution is 14.1. The van der Waals surface area contributed by atoms with Crippen LogP contribution in [0, 0.1) is 5.92 Å². The van der Waals surface area contributed by atoms with Gasteiger partial charge in [-0.05, 0) is 74.7 Å². The van der Waals surface area contributed by atoms with Crippen LogP contribution in [0.2, 0.25) is 0 Å². The Morgan fingerprint density at radius 2 is 1.77 bits per heavy atom. The lowest BCUT2D eigenvalue weighted by Gasteiger charge is -2.33. The van der Waals surface area contributed by atoms with E-state index < -0.39 is 0 Å². The van der Waals surface area contributed by atoms with Crippen LogP contribution >= 0.6 is 22.6 Å². The van der Waals surface area contributed by atoms with Crippen LogP contribution in [0.4, 0.5) is 0 Å². The van der Waals surface area contributed by atoms with Gasteiger partial charge in [-0.3, -0.25) is 0 Å². The molecule has 0 bridgehead atoms. The summed E-state index contributed by atoms with van der Waals surface area (Å²) in [6.45, 7) is 4.74. The van der Waals surface area contributed by atoms with Crippen molar-refractivity contribution in [2.24, 2.45) is 5.92 Å². The van der Waals surface area contributed by atoms with Gasteiger partial charge in [0.05, 0.1) is 0 Å². The predicted molar refractivity (Wildman–Crippen MR) is 119 cm³/mol. The molecule has 3 aliphatic carbocycles. The van der Waals surface area contributed by atoms with E-state index in [1.165, 1.54) is 49.8 Å². The van der Waals surface area contributed by atoms with Crippen molar-refractivity contribution in [3.8, 4) is 11.1 Å². The fourth-order valence-corrected chi connectivity index (χ4v) is 5.87. The van der Waals surface area contributed by atoms with E-state index in [-0.39, 0.29) is 5.41 Å². The van der Waals surface area contributed by atoms with E-state index in [9.17, 15) is 0 Å². The molecule has 0 amide bonds. The molecule has 2 atom stereocenters. The van der Waals surface area contributed by atoms with E-state index in [1.807, 2.05) is 0 Å². The number of fused-ring (bicyclic) bond motifs is 4. The number of halogens is 1. The van der Waals surface area contributed by atoms with E-state index in [0.29, 0.717) is 11.8 Å². The SMILES string of the molecule is CC1(C)c2ccccc2-c2ccc([C@@H]3C=CC(I)=C4C=CCCC43)cc21. The molecule has 0 radical (unpaired) electrons.